The van der Waals surface area contributed by atoms with Gasteiger partial charge in [-0.1, -0.05) is 36.4 Å². The molecular weight excluding hydrogens is 252 g/mol. The topological polar surface area (TPSA) is 43.6 Å². The van der Waals surface area contributed by atoms with Crippen molar-refractivity contribution in [3.05, 3.63) is 78.4 Å². The Morgan fingerprint density at radius 3 is 2.75 bits per heavy atom. The van der Waals surface area contributed by atoms with Gasteiger partial charge < -0.3 is 4.74 Å². The number of fused-ring (bicyclic) bond motifs is 1. The molecule has 20 heavy (non-hydrogen) atoms. The van der Waals surface area contributed by atoms with Gasteiger partial charge in [0, 0.05) is 6.20 Å². The Bertz CT molecular complexity index is 760. The first-order chi connectivity index (χ1) is 9.84. The number of benzene rings is 1. The minimum atomic E-state index is -0.434. The van der Waals surface area contributed by atoms with Gasteiger partial charge in [-0.3, -0.25) is 4.40 Å². The molecule has 1 aromatic carbocycles. The number of ether oxygens (including phenoxy) is 1. The van der Waals surface area contributed by atoms with Gasteiger partial charge in [-0.2, -0.15) is 0 Å². The summed E-state index contributed by atoms with van der Waals surface area (Å²) >= 11 is 0. The van der Waals surface area contributed by atoms with Crippen molar-refractivity contribution in [3.63, 3.8) is 0 Å². The summed E-state index contributed by atoms with van der Waals surface area (Å²) in [7, 11) is 0. The quantitative estimate of drug-likeness (QED) is 0.539. The lowest BCUT2D eigenvalue weighted by atomic mass is 10.2. The van der Waals surface area contributed by atoms with Gasteiger partial charge in [-0.05, 0) is 23.8 Å². The molecule has 0 saturated heterocycles. The van der Waals surface area contributed by atoms with Crippen LogP contribution in [0.3, 0.4) is 0 Å². The SMILES string of the molecule is O=C(OC=Cc1ccccc1)c1cnc2ccccn12. The van der Waals surface area contributed by atoms with E-state index in [1.54, 1.807) is 16.7 Å². The highest BCUT2D eigenvalue weighted by atomic mass is 16.5. The molecule has 0 N–H and O–H groups in total. The maximum absolute atomic E-state index is 12.0. The van der Waals surface area contributed by atoms with Crippen molar-refractivity contribution in [2.24, 2.45) is 0 Å². The van der Waals surface area contributed by atoms with E-state index in [2.05, 4.69) is 4.98 Å². The monoisotopic (exact) mass is 264 g/mol. The van der Waals surface area contributed by atoms with E-state index in [0.717, 1.165) is 5.56 Å². The van der Waals surface area contributed by atoms with Gasteiger partial charge in [0.2, 0.25) is 0 Å². The third kappa shape index (κ3) is 2.44. The van der Waals surface area contributed by atoms with E-state index in [0.29, 0.717) is 11.3 Å². The molecule has 0 aliphatic heterocycles. The van der Waals surface area contributed by atoms with E-state index in [-0.39, 0.29) is 0 Å². The van der Waals surface area contributed by atoms with E-state index < -0.39 is 5.97 Å². The van der Waals surface area contributed by atoms with Gasteiger partial charge in [-0.15, -0.1) is 0 Å². The molecule has 0 atom stereocenters. The predicted octanol–water partition coefficient (Wildman–Crippen LogP) is 3.16. The molecule has 2 aromatic heterocycles. The first kappa shape index (κ1) is 12.2. The van der Waals surface area contributed by atoms with Crippen molar-refractivity contribution < 1.29 is 9.53 Å². The first-order valence-electron chi connectivity index (χ1n) is 6.19. The van der Waals surface area contributed by atoms with Crippen molar-refractivity contribution in [2.75, 3.05) is 0 Å². The third-order valence-electron chi connectivity index (χ3n) is 2.86. The van der Waals surface area contributed by atoms with Crippen LogP contribution in [-0.4, -0.2) is 15.4 Å². The Kier molecular flexibility index (Phi) is 3.29. The summed E-state index contributed by atoms with van der Waals surface area (Å²) in [5.41, 5.74) is 2.09. The van der Waals surface area contributed by atoms with Crippen LogP contribution < -0.4 is 0 Å². The molecular formula is C16H12N2O2. The number of aromatic nitrogens is 2. The molecule has 0 aliphatic carbocycles. The second-order valence-corrected chi connectivity index (χ2v) is 4.19. The molecule has 0 radical (unpaired) electrons. The van der Waals surface area contributed by atoms with Crippen molar-refractivity contribution in [3.8, 4) is 0 Å². The molecule has 98 valence electrons. The van der Waals surface area contributed by atoms with Crippen LogP contribution in [0.4, 0.5) is 0 Å². The number of pyridine rings is 1. The van der Waals surface area contributed by atoms with Gasteiger partial charge in [-0.25, -0.2) is 9.78 Å². The highest BCUT2D eigenvalue weighted by Crippen LogP contribution is 2.08. The van der Waals surface area contributed by atoms with Gasteiger partial charge >= 0.3 is 5.97 Å². The Morgan fingerprint density at radius 1 is 1.10 bits per heavy atom. The fourth-order valence-corrected chi connectivity index (χ4v) is 1.88. The van der Waals surface area contributed by atoms with Crippen molar-refractivity contribution in [1.29, 1.82) is 0 Å². The van der Waals surface area contributed by atoms with Crippen LogP contribution in [0, 0.1) is 0 Å². The Balaban J connectivity index is 1.75. The minimum absolute atomic E-state index is 0.401. The standard InChI is InChI=1S/C16H12N2O2/c19-16(20-11-9-13-6-2-1-3-7-13)14-12-17-15-8-4-5-10-18(14)15/h1-12H. The van der Waals surface area contributed by atoms with Crippen molar-refractivity contribution in [2.45, 2.75) is 0 Å². The highest BCUT2D eigenvalue weighted by molar-refractivity contribution is 5.89. The minimum Gasteiger partial charge on any atom is -0.430 e. The van der Waals surface area contributed by atoms with Crippen LogP contribution in [-0.2, 0) is 4.74 Å². The van der Waals surface area contributed by atoms with Crippen molar-refractivity contribution in [1.82, 2.24) is 9.38 Å². The highest BCUT2D eigenvalue weighted by Gasteiger charge is 2.11. The molecule has 4 nitrogen and oxygen atoms in total. The third-order valence-corrected chi connectivity index (χ3v) is 2.86. The largest absolute Gasteiger partial charge is 0.430 e. The number of carbonyl (C=O) groups is 1. The predicted molar refractivity (Wildman–Crippen MR) is 76.1 cm³/mol. The number of rotatable bonds is 3. The molecule has 2 heterocycles. The van der Waals surface area contributed by atoms with Crippen LogP contribution in [0.2, 0.25) is 0 Å². The summed E-state index contributed by atoms with van der Waals surface area (Å²) in [4.78, 5) is 16.1. The summed E-state index contributed by atoms with van der Waals surface area (Å²) < 4.78 is 6.81. The fourth-order valence-electron chi connectivity index (χ4n) is 1.88. The molecule has 0 bridgehead atoms. The van der Waals surface area contributed by atoms with Gasteiger partial charge in [0.1, 0.15) is 5.65 Å². The summed E-state index contributed by atoms with van der Waals surface area (Å²) in [6.07, 6.45) is 6.41. The number of hydrogen-bond donors (Lipinski definition) is 0. The second kappa shape index (κ2) is 5.40. The molecule has 0 fully saturated rings. The van der Waals surface area contributed by atoms with Crippen LogP contribution in [0.5, 0.6) is 0 Å². The molecule has 0 spiro atoms. The van der Waals surface area contributed by atoms with Crippen LogP contribution >= 0.6 is 0 Å². The fraction of sp³-hybridized carbons (Fsp3) is 0. The summed E-state index contributed by atoms with van der Waals surface area (Å²) in [6, 6.07) is 15.2. The summed E-state index contributed by atoms with van der Waals surface area (Å²) in [5, 5.41) is 0. The zero-order valence-corrected chi connectivity index (χ0v) is 10.6. The normalized spacial score (nSPS) is 11.0. The molecule has 0 unspecified atom stereocenters. The molecule has 3 aromatic rings. The smallest absolute Gasteiger partial charge is 0.361 e. The number of hydrogen-bond acceptors (Lipinski definition) is 3. The lowest BCUT2D eigenvalue weighted by Crippen LogP contribution is -2.04. The zero-order chi connectivity index (χ0) is 13.8. The number of esters is 1. The van der Waals surface area contributed by atoms with Gasteiger partial charge in [0.25, 0.3) is 0 Å². The van der Waals surface area contributed by atoms with Crippen LogP contribution in [0.1, 0.15) is 16.1 Å². The van der Waals surface area contributed by atoms with E-state index >= 15 is 0 Å². The number of nitrogens with zero attached hydrogens (tertiary/aromatic N) is 2. The molecule has 0 saturated carbocycles. The van der Waals surface area contributed by atoms with E-state index in [9.17, 15) is 4.79 Å². The maximum atomic E-state index is 12.0. The van der Waals surface area contributed by atoms with Gasteiger partial charge in [0.15, 0.2) is 5.69 Å². The van der Waals surface area contributed by atoms with Crippen molar-refractivity contribution >= 4 is 17.7 Å². The number of carbonyl (C=O) groups excluding carboxylic acids is 1. The van der Waals surface area contributed by atoms with Gasteiger partial charge in [0.05, 0.1) is 12.5 Å². The van der Waals surface area contributed by atoms with Crippen LogP contribution in [0.15, 0.2) is 67.2 Å². The Labute approximate surface area is 116 Å². The molecule has 3 rings (SSSR count). The van der Waals surface area contributed by atoms with Crippen LogP contribution in [0.25, 0.3) is 11.7 Å². The van der Waals surface area contributed by atoms with E-state index in [1.807, 2.05) is 48.5 Å². The average molecular weight is 264 g/mol. The molecule has 0 aliphatic rings. The lowest BCUT2D eigenvalue weighted by molar-refractivity contribution is 0.0657. The molecule has 0 amide bonds. The first-order valence-corrected chi connectivity index (χ1v) is 6.19. The Morgan fingerprint density at radius 2 is 1.90 bits per heavy atom. The summed E-state index contributed by atoms with van der Waals surface area (Å²) in [5.74, 6) is -0.434. The zero-order valence-electron chi connectivity index (χ0n) is 10.6. The van der Waals surface area contributed by atoms with E-state index in [4.69, 9.17) is 4.74 Å². The lowest BCUT2D eigenvalue weighted by Gasteiger charge is -1.99. The second-order valence-electron chi connectivity index (χ2n) is 4.19. The average Bonchev–Trinajstić information content (AvgIpc) is 2.92. The van der Waals surface area contributed by atoms with E-state index in [1.165, 1.54) is 12.5 Å². The maximum Gasteiger partial charge on any atom is 0.361 e. The molecule has 4 heteroatoms. The number of imidazole rings is 1. The Hall–Kier alpha value is -2.88. The summed E-state index contributed by atoms with van der Waals surface area (Å²) in [6.45, 7) is 0.